The lowest BCUT2D eigenvalue weighted by molar-refractivity contribution is -0.142. The van der Waals surface area contributed by atoms with Crippen LogP contribution in [0.1, 0.15) is 22.6 Å². The molecule has 4 rings (SSSR count). The SMILES string of the molecule is CN(C(=O)OCC1c2ccccc2-c2ccccc21)C(Cc1ccccc1Cl)C(=O)O. The molecular weight excluding hydrogens is 414 g/mol. The highest BCUT2D eigenvalue weighted by atomic mass is 35.5. The summed E-state index contributed by atoms with van der Waals surface area (Å²) in [6.07, 6.45) is -0.586. The molecule has 1 atom stereocenters. The molecule has 0 aromatic heterocycles. The summed E-state index contributed by atoms with van der Waals surface area (Å²) in [4.78, 5) is 25.7. The molecule has 0 aliphatic heterocycles. The first kappa shape index (κ1) is 20.9. The van der Waals surface area contributed by atoms with E-state index in [0.29, 0.717) is 10.6 Å². The zero-order valence-corrected chi connectivity index (χ0v) is 17.8. The van der Waals surface area contributed by atoms with Crippen LogP contribution in [0.4, 0.5) is 4.79 Å². The Morgan fingerprint density at radius 3 is 2.10 bits per heavy atom. The zero-order valence-electron chi connectivity index (χ0n) is 17.0. The van der Waals surface area contributed by atoms with E-state index in [1.807, 2.05) is 36.4 Å². The van der Waals surface area contributed by atoms with E-state index in [0.717, 1.165) is 27.2 Å². The van der Waals surface area contributed by atoms with Crippen LogP contribution in [0, 0.1) is 0 Å². The zero-order chi connectivity index (χ0) is 22.0. The van der Waals surface area contributed by atoms with Crippen molar-refractivity contribution in [2.75, 3.05) is 13.7 Å². The minimum absolute atomic E-state index is 0.0865. The molecule has 0 saturated carbocycles. The standard InChI is InChI=1S/C25H22ClNO4/c1-27(23(24(28)29)14-16-8-2-7-13-22(16)26)25(30)31-15-21-19-11-5-3-9-17(19)18-10-4-6-12-20(18)21/h2-13,21,23H,14-15H2,1H3,(H,28,29). The quantitative estimate of drug-likeness (QED) is 0.576. The number of halogens is 1. The number of rotatable bonds is 6. The van der Waals surface area contributed by atoms with Crippen molar-refractivity contribution in [3.63, 3.8) is 0 Å². The number of carbonyl (C=O) groups is 2. The molecule has 0 spiro atoms. The van der Waals surface area contributed by atoms with Crippen molar-refractivity contribution in [2.24, 2.45) is 0 Å². The highest BCUT2D eigenvalue weighted by Crippen LogP contribution is 2.44. The molecule has 0 radical (unpaired) electrons. The van der Waals surface area contributed by atoms with Crippen molar-refractivity contribution in [1.29, 1.82) is 0 Å². The van der Waals surface area contributed by atoms with E-state index in [1.54, 1.807) is 24.3 Å². The van der Waals surface area contributed by atoms with E-state index in [-0.39, 0.29) is 18.9 Å². The van der Waals surface area contributed by atoms with Crippen molar-refractivity contribution in [1.82, 2.24) is 4.90 Å². The fourth-order valence-corrected chi connectivity index (χ4v) is 4.30. The maximum Gasteiger partial charge on any atom is 0.410 e. The smallest absolute Gasteiger partial charge is 0.410 e. The Balaban J connectivity index is 1.49. The maximum atomic E-state index is 12.8. The van der Waals surface area contributed by atoms with Crippen LogP contribution in [-0.4, -0.2) is 41.8 Å². The summed E-state index contributed by atoms with van der Waals surface area (Å²) < 4.78 is 5.59. The monoisotopic (exact) mass is 435 g/mol. The van der Waals surface area contributed by atoms with Crippen LogP contribution in [0.25, 0.3) is 11.1 Å². The summed E-state index contributed by atoms with van der Waals surface area (Å²) in [5.74, 6) is -1.20. The fourth-order valence-electron chi connectivity index (χ4n) is 4.09. The molecule has 158 valence electrons. The Labute approximate surface area is 185 Å². The van der Waals surface area contributed by atoms with E-state index < -0.39 is 18.1 Å². The van der Waals surface area contributed by atoms with Crippen molar-refractivity contribution in [3.05, 3.63) is 94.5 Å². The average molecular weight is 436 g/mol. The number of carboxylic acid groups (broad SMARTS) is 1. The first-order valence-corrected chi connectivity index (χ1v) is 10.4. The predicted octanol–water partition coefficient (Wildman–Crippen LogP) is 5.22. The van der Waals surface area contributed by atoms with Gasteiger partial charge in [-0.2, -0.15) is 0 Å². The van der Waals surface area contributed by atoms with Gasteiger partial charge in [-0.25, -0.2) is 9.59 Å². The van der Waals surface area contributed by atoms with Crippen LogP contribution in [0.3, 0.4) is 0 Å². The molecule has 0 bridgehead atoms. The van der Waals surface area contributed by atoms with E-state index in [1.165, 1.54) is 7.05 Å². The minimum atomic E-state index is -1.11. The van der Waals surface area contributed by atoms with Crippen LogP contribution in [-0.2, 0) is 16.0 Å². The Morgan fingerprint density at radius 2 is 1.52 bits per heavy atom. The van der Waals surface area contributed by atoms with Crippen LogP contribution >= 0.6 is 11.6 Å². The van der Waals surface area contributed by atoms with Gasteiger partial charge in [0, 0.05) is 24.4 Å². The molecule has 31 heavy (non-hydrogen) atoms. The summed E-state index contributed by atoms with van der Waals surface area (Å²) in [6, 6.07) is 22.0. The maximum absolute atomic E-state index is 12.8. The minimum Gasteiger partial charge on any atom is -0.480 e. The van der Waals surface area contributed by atoms with Gasteiger partial charge in [-0.1, -0.05) is 78.3 Å². The molecule has 3 aromatic rings. The van der Waals surface area contributed by atoms with Crippen LogP contribution in [0.15, 0.2) is 72.8 Å². The van der Waals surface area contributed by atoms with Crippen molar-refractivity contribution >= 4 is 23.7 Å². The number of ether oxygens (including phenoxy) is 1. The van der Waals surface area contributed by atoms with Gasteiger partial charge < -0.3 is 9.84 Å². The highest BCUT2D eigenvalue weighted by Gasteiger charge is 2.32. The summed E-state index contributed by atoms with van der Waals surface area (Å²) in [7, 11) is 1.44. The molecule has 1 unspecified atom stereocenters. The normalized spacial score (nSPS) is 13.2. The topological polar surface area (TPSA) is 66.8 Å². The number of likely N-dealkylation sites (N-methyl/N-ethyl adjacent to an activating group) is 1. The van der Waals surface area contributed by atoms with Crippen molar-refractivity contribution in [2.45, 2.75) is 18.4 Å². The second-order valence-corrected chi connectivity index (χ2v) is 7.97. The molecule has 5 nitrogen and oxygen atoms in total. The Kier molecular flexibility index (Phi) is 5.96. The fraction of sp³-hybridized carbons (Fsp3) is 0.200. The van der Waals surface area contributed by atoms with Crippen LogP contribution in [0.5, 0.6) is 0 Å². The third-order valence-corrected chi connectivity index (χ3v) is 6.12. The molecule has 3 aromatic carbocycles. The largest absolute Gasteiger partial charge is 0.480 e. The molecule has 1 aliphatic carbocycles. The number of benzene rings is 3. The van der Waals surface area contributed by atoms with Crippen LogP contribution < -0.4 is 0 Å². The summed E-state index contributed by atoms with van der Waals surface area (Å²) in [6.45, 7) is 0.135. The number of hydrogen-bond acceptors (Lipinski definition) is 3. The predicted molar refractivity (Wildman–Crippen MR) is 119 cm³/mol. The number of carboxylic acids is 1. The third-order valence-electron chi connectivity index (χ3n) is 5.75. The summed E-state index contributed by atoms with van der Waals surface area (Å²) >= 11 is 6.17. The first-order valence-electron chi connectivity index (χ1n) is 10.0. The second-order valence-electron chi connectivity index (χ2n) is 7.56. The third kappa shape index (κ3) is 4.14. The lowest BCUT2D eigenvalue weighted by atomic mass is 9.98. The molecule has 0 saturated heterocycles. The van der Waals surface area contributed by atoms with Crippen molar-refractivity contribution < 1.29 is 19.4 Å². The lowest BCUT2D eigenvalue weighted by Gasteiger charge is -2.25. The van der Waals surface area contributed by atoms with Gasteiger partial charge in [0.05, 0.1) is 0 Å². The number of aliphatic carboxylic acids is 1. The van der Waals surface area contributed by atoms with Gasteiger partial charge in [0.2, 0.25) is 0 Å². The number of nitrogens with zero attached hydrogens (tertiary/aromatic N) is 1. The first-order chi connectivity index (χ1) is 15.0. The molecule has 1 N–H and O–H groups in total. The number of carbonyl (C=O) groups excluding carboxylic acids is 1. The summed E-state index contributed by atoms with van der Waals surface area (Å²) in [5, 5.41) is 10.2. The molecule has 0 heterocycles. The Bertz CT molecular complexity index is 1080. The van der Waals surface area contributed by atoms with Gasteiger partial charge in [0.15, 0.2) is 0 Å². The van der Waals surface area contributed by atoms with Crippen molar-refractivity contribution in [3.8, 4) is 11.1 Å². The molecule has 1 aliphatic rings. The number of fused-ring (bicyclic) bond motifs is 3. The molecular formula is C25H22ClNO4. The number of hydrogen-bond donors (Lipinski definition) is 1. The Morgan fingerprint density at radius 1 is 0.968 bits per heavy atom. The average Bonchev–Trinajstić information content (AvgIpc) is 3.10. The molecule has 1 amide bonds. The molecule has 0 fully saturated rings. The van der Waals surface area contributed by atoms with E-state index in [9.17, 15) is 14.7 Å². The summed E-state index contributed by atoms with van der Waals surface area (Å²) in [5.41, 5.74) is 5.13. The van der Waals surface area contributed by atoms with Gasteiger partial charge in [0.1, 0.15) is 12.6 Å². The van der Waals surface area contributed by atoms with Gasteiger partial charge in [-0.05, 0) is 33.9 Å². The van der Waals surface area contributed by atoms with E-state index in [2.05, 4.69) is 12.1 Å². The highest BCUT2D eigenvalue weighted by molar-refractivity contribution is 6.31. The lowest BCUT2D eigenvalue weighted by Crippen LogP contribution is -2.44. The van der Waals surface area contributed by atoms with Gasteiger partial charge in [-0.3, -0.25) is 4.90 Å². The van der Waals surface area contributed by atoms with Crippen LogP contribution in [0.2, 0.25) is 5.02 Å². The molecule has 6 heteroatoms. The number of amides is 1. The second kappa shape index (κ2) is 8.82. The van der Waals surface area contributed by atoms with Gasteiger partial charge in [0.25, 0.3) is 0 Å². The van der Waals surface area contributed by atoms with Gasteiger partial charge in [-0.15, -0.1) is 0 Å². The van der Waals surface area contributed by atoms with E-state index >= 15 is 0 Å². The van der Waals surface area contributed by atoms with E-state index in [4.69, 9.17) is 16.3 Å². The Hall–Kier alpha value is -3.31. The van der Waals surface area contributed by atoms with Gasteiger partial charge >= 0.3 is 12.1 Å².